The topological polar surface area (TPSA) is 43.4 Å². The van der Waals surface area contributed by atoms with Gasteiger partial charge in [0.15, 0.2) is 11.6 Å². The van der Waals surface area contributed by atoms with E-state index in [1.54, 1.807) is 7.11 Å². The maximum atomic E-state index is 13.4. The predicted octanol–water partition coefficient (Wildman–Crippen LogP) is 1.70. The molecule has 0 aromatic carbocycles. The van der Waals surface area contributed by atoms with Gasteiger partial charge in [0.1, 0.15) is 6.10 Å². The molecule has 1 aromatic heterocycles. The van der Waals surface area contributed by atoms with E-state index in [-0.39, 0.29) is 23.0 Å². The standard InChI is InChI=1S/C10H12ClFN2O2/c1-15-9-5-16-4-8(9)14-10-7(12)2-6(11)3-13-10/h2-3,8-9H,4-5H2,1H3,(H,13,14)/t8-,9-/m0/s1. The van der Waals surface area contributed by atoms with Crippen LogP contribution in [0.1, 0.15) is 0 Å². The van der Waals surface area contributed by atoms with Crippen LogP contribution in [0, 0.1) is 5.82 Å². The van der Waals surface area contributed by atoms with E-state index in [1.807, 2.05) is 0 Å². The summed E-state index contributed by atoms with van der Waals surface area (Å²) in [5, 5.41) is 3.21. The minimum atomic E-state index is -0.478. The molecule has 1 aromatic rings. The smallest absolute Gasteiger partial charge is 0.166 e. The second-order valence-electron chi connectivity index (χ2n) is 3.55. The summed E-state index contributed by atoms with van der Waals surface area (Å²) in [7, 11) is 1.60. The molecule has 0 amide bonds. The molecule has 1 N–H and O–H groups in total. The average molecular weight is 247 g/mol. The maximum Gasteiger partial charge on any atom is 0.166 e. The first-order valence-corrected chi connectivity index (χ1v) is 5.26. The molecule has 1 saturated heterocycles. The van der Waals surface area contributed by atoms with Crippen LogP contribution in [0.15, 0.2) is 12.3 Å². The molecule has 1 aliphatic rings. The molecule has 2 rings (SSSR count). The fraction of sp³-hybridized carbons (Fsp3) is 0.500. The highest BCUT2D eigenvalue weighted by Crippen LogP contribution is 2.19. The van der Waals surface area contributed by atoms with Crippen molar-refractivity contribution in [1.29, 1.82) is 0 Å². The molecule has 0 radical (unpaired) electrons. The van der Waals surface area contributed by atoms with Crippen LogP contribution < -0.4 is 5.32 Å². The molecule has 0 saturated carbocycles. The highest BCUT2D eigenvalue weighted by atomic mass is 35.5. The van der Waals surface area contributed by atoms with Crippen LogP contribution in [0.3, 0.4) is 0 Å². The van der Waals surface area contributed by atoms with E-state index in [2.05, 4.69) is 10.3 Å². The molecule has 0 bridgehead atoms. The highest BCUT2D eigenvalue weighted by Gasteiger charge is 2.28. The van der Waals surface area contributed by atoms with Crippen molar-refractivity contribution in [3.63, 3.8) is 0 Å². The second kappa shape index (κ2) is 4.95. The van der Waals surface area contributed by atoms with Gasteiger partial charge in [-0.25, -0.2) is 9.37 Å². The maximum absolute atomic E-state index is 13.4. The number of hydrogen-bond donors (Lipinski definition) is 1. The van der Waals surface area contributed by atoms with Crippen molar-refractivity contribution in [2.24, 2.45) is 0 Å². The Bertz CT molecular complexity index is 378. The zero-order chi connectivity index (χ0) is 11.5. The molecule has 4 nitrogen and oxygen atoms in total. The monoisotopic (exact) mass is 246 g/mol. The lowest BCUT2D eigenvalue weighted by Gasteiger charge is -2.18. The van der Waals surface area contributed by atoms with Crippen molar-refractivity contribution in [2.45, 2.75) is 12.1 Å². The van der Waals surface area contributed by atoms with E-state index in [9.17, 15) is 4.39 Å². The van der Waals surface area contributed by atoms with Gasteiger partial charge in [-0.05, 0) is 6.07 Å². The highest BCUT2D eigenvalue weighted by molar-refractivity contribution is 6.30. The minimum Gasteiger partial charge on any atom is -0.377 e. The number of hydrogen-bond acceptors (Lipinski definition) is 4. The summed E-state index contributed by atoms with van der Waals surface area (Å²) in [4.78, 5) is 3.88. The molecular formula is C10H12ClFN2O2. The Morgan fingerprint density at radius 2 is 2.44 bits per heavy atom. The first kappa shape index (κ1) is 11.6. The van der Waals surface area contributed by atoms with E-state index in [0.717, 1.165) is 0 Å². The largest absolute Gasteiger partial charge is 0.377 e. The van der Waals surface area contributed by atoms with Crippen LogP contribution >= 0.6 is 11.6 Å². The van der Waals surface area contributed by atoms with Crippen LogP contribution in [-0.2, 0) is 9.47 Å². The third-order valence-corrected chi connectivity index (χ3v) is 2.67. The Balaban J connectivity index is 2.08. The van der Waals surface area contributed by atoms with Crippen molar-refractivity contribution < 1.29 is 13.9 Å². The van der Waals surface area contributed by atoms with Crippen LogP contribution in [-0.4, -0.2) is 37.5 Å². The number of ether oxygens (including phenoxy) is 2. The lowest BCUT2D eigenvalue weighted by atomic mass is 10.2. The number of anilines is 1. The summed E-state index contributed by atoms with van der Waals surface area (Å²) in [6.45, 7) is 0.978. The van der Waals surface area contributed by atoms with Crippen molar-refractivity contribution in [3.05, 3.63) is 23.1 Å². The molecule has 16 heavy (non-hydrogen) atoms. The predicted molar refractivity (Wildman–Crippen MR) is 58.2 cm³/mol. The average Bonchev–Trinajstić information content (AvgIpc) is 2.69. The second-order valence-corrected chi connectivity index (χ2v) is 3.98. The fourth-order valence-corrected chi connectivity index (χ4v) is 1.74. The fourth-order valence-electron chi connectivity index (χ4n) is 1.60. The number of methoxy groups -OCH3 is 1. The first-order valence-electron chi connectivity index (χ1n) is 4.89. The number of nitrogens with one attached hydrogen (secondary N) is 1. The van der Waals surface area contributed by atoms with Crippen molar-refractivity contribution in [2.75, 3.05) is 25.6 Å². The Morgan fingerprint density at radius 3 is 3.12 bits per heavy atom. The van der Waals surface area contributed by atoms with Crippen molar-refractivity contribution in [1.82, 2.24) is 4.98 Å². The van der Waals surface area contributed by atoms with Crippen molar-refractivity contribution >= 4 is 17.4 Å². The molecule has 2 atom stereocenters. The zero-order valence-electron chi connectivity index (χ0n) is 8.74. The normalized spacial score (nSPS) is 24.7. The molecule has 0 aliphatic carbocycles. The molecule has 1 aliphatic heterocycles. The van der Waals surface area contributed by atoms with Gasteiger partial charge in [0.25, 0.3) is 0 Å². The van der Waals surface area contributed by atoms with Crippen molar-refractivity contribution in [3.8, 4) is 0 Å². The molecule has 0 spiro atoms. The third-order valence-electron chi connectivity index (χ3n) is 2.46. The Hall–Kier alpha value is -0.910. The summed E-state index contributed by atoms with van der Waals surface area (Å²) >= 11 is 5.61. The van der Waals surface area contributed by atoms with E-state index in [4.69, 9.17) is 21.1 Å². The minimum absolute atomic E-state index is 0.0862. The van der Waals surface area contributed by atoms with Gasteiger partial charge in [-0.15, -0.1) is 0 Å². The molecule has 2 heterocycles. The third kappa shape index (κ3) is 2.42. The number of nitrogens with zero attached hydrogens (tertiary/aromatic N) is 1. The van der Waals surface area contributed by atoms with Crippen LogP contribution in [0.25, 0.3) is 0 Å². The SMILES string of the molecule is CO[C@H]1COC[C@@H]1Nc1ncc(Cl)cc1F. The van der Waals surface area contributed by atoms with Gasteiger partial charge in [-0.2, -0.15) is 0 Å². The van der Waals surface area contributed by atoms with Gasteiger partial charge in [0.05, 0.1) is 24.3 Å². The number of rotatable bonds is 3. The first-order chi connectivity index (χ1) is 7.70. The molecular weight excluding hydrogens is 235 g/mol. The Morgan fingerprint density at radius 1 is 1.62 bits per heavy atom. The number of halogens is 2. The zero-order valence-corrected chi connectivity index (χ0v) is 9.50. The molecule has 88 valence electrons. The van der Waals surface area contributed by atoms with Gasteiger partial charge in [-0.1, -0.05) is 11.6 Å². The van der Waals surface area contributed by atoms with Crippen LogP contribution in [0.2, 0.25) is 5.02 Å². The summed E-state index contributed by atoms with van der Waals surface area (Å²) in [6, 6.07) is 1.13. The summed E-state index contributed by atoms with van der Waals surface area (Å²) in [5.41, 5.74) is 0. The van der Waals surface area contributed by atoms with E-state index < -0.39 is 5.82 Å². The molecule has 6 heteroatoms. The van der Waals surface area contributed by atoms with Gasteiger partial charge in [0, 0.05) is 13.3 Å². The number of pyridine rings is 1. The summed E-state index contributed by atoms with van der Waals surface area (Å²) < 4.78 is 23.9. The Labute approximate surface area is 97.7 Å². The van der Waals surface area contributed by atoms with E-state index in [0.29, 0.717) is 13.2 Å². The van der Waals surface area contributed by atoms with E-state index in [1.165, 1.54) is 12.3 Å². The molecule has 1 fully saturated rings. The number of aromatic nitrogens is 1. The van der Waals surface area contributed by atoms with Gasteiger partial charge in [0.2, 0.25) is 0 Å². The van der Waals surface area contributed by atoms with Crippen LogP contribution in [0.4, 0.5) is 10.2 Å². The summed E-state index contributed by atoms with van der Waals surface area (Å²) in [6.07, 6.45) is 1.31. The van der Waals surface area contributed by atoms with Gasteiger partial charge in [-0.3, -0.25) is 0 Å². The lowest BCUT2D eigenvalue weighted by molar-refractivity contribution is 0.0794. The molecule has 0 unspecified atom stereocenters. The van der Waals surface area contributed by atoms with E-state index >= 15 is 0 Å². The quantitative estimate of drug-likeness (QED) is 0.882. The Kier molecular flexibility index (Phi) is 3.58. The van der Waals surface area contributed by atoms with Crippen LogP contribution in [0.5, 0.6) is 0 Å². The van der Waals surface area contributed by atoms with Gasteiger partial charge < -0.3 is 14.8 Å². The van der Waals surface area contributed by atoms with Gasteiger partial charge >= 0.3 is 0 Å². The lowest BCUT2D eigenvalue weighted by Crippen LogP contribution is -2.34. The summed E-state index contributed by atoms with van der Waals surface area (Å²) in [5.74, 6) is -0.309.